The Morgan fingerprint density at radius 2 is 2.50 bits per heavy atom. The summed E-state index contributed by atoms with van der Waals surface area (Å²) in [6.07, 6.45) is 0.607. The summed E-state index contributed by atoms with van der Waals surface area (Å²) < 4.78 is 0. The van der Waals surface area contributed by atoms with Crippen LogP contribution < -0.4 is 5.32 Å². The second kappa shape index (κ2) is 4.27. The maximum atomic E-state index is 10.7. The Hall–Kier alpha value is -0.810. The normalized spacial score (nSPS) is 9.42. The van der Waals surface area contributed by atoms with Gasteiger partial charge in [-0.25, -0.2) is 0 Å². The van der Waals surface area contributed by atoms with Gasteiger partial charge >= 0.3 is 0 Å². The van der Waals surface area contributed by atoms with Gasteiger partial charge in [0.15, 0.2) is 5.12 Å². The summed E-state index contributed by atoms with van der Waals surface area (Å²) in [6.45, 7) is 1.49. The van der Waals surface area contributed by atoms with E-state index in [-0.39, 0.29) is 5.12 Å². The van der Waals surface area contributed by atoms with Crippen LogP contribution in [0.1, 0.15) is 6.92 Å². The van der Waals surface area contributed by atoms with Gasteiger partial charge in [-0.05, 0) is 23.2 Å². The van der Waals surface area contributed by atoms with Gasteiger partial charge in [-0.15, -0.1) is 11.3 Å². The van der Waals surface area contributed by atoms with Crippen LogP contribution in [-0.4, -0.2) is 11.5 Å². The van der Waals surface area contributed by atoms with Crippen molar-refractivity contribution in [3.63, 3.8) is 0 Å². The van der Waals surface area contributed by atoms with Gasteiger partial charge in [0.1, 0.15) is 5.00 Å². The molecule has 1 amide bonds. The zero-order chi connectivity index (χ0) is 8.97. The number of thioether (sulfide) groups is 1. The highest BCUT2D eigenvalue weighted by Crippen LogP contribution is 2.32. The number of rotatable bonds is 3. The molecule has 1 aromatic heterocycles. The lowest BCUT2D eigenvalue weighted by Gasteiger charge is -1.96. The maximum absolute atomic E-state index is 10.7. The van der Waals surface area contributed by atoms with E-state index >= 15 is 0 Å². The molecule has 0 fully saturated rings. The molecule has 0 radical (unpaired) electrons. The molecule has 0 bridgehead atoms. The predicted molar refractivity (Wildman–Crippen MR) is 50.5 cm³/mol. The van der Waals surface area contributed by atoms with E-state index in [9.17, 15) is 9.59 Å². The van der Waals surface area contributed by atoms with Crippen molar-refractivity contribution in [3.05, 3.63) is 11.4 Å². The molecule has 1 heterocycles. The standard InChI is InChI=1S/C7H7NO2S2/c1-5(10)12-6-2-3-11-7(6)8-4-9/h2-4H,1H3,(H,8,9). The molecule has 0 aliphatic heterocycles. The van der Waals surface area contributed by atoms with Gasteiger partial charge in [0.25, 0.3) is 0 Å². The second-order valence-electron chi connectivity index (χ2n) is 1.97. The Labute approximate surface area is 78.2 Å². The molecule has 0 unspecified atom stereocenters. The van der Waals surface area contributed by atoms with Gasteiger partial charge in [-0.1, -0.05) is 0 Å². The van der Waals surface area contributed by atoms with Crippen LogP contribution in [0.25, 0.3) is 0 Å². The van der Waals surface area contributed by atoms with Crippen molar-refractivity contribution in [1.82, 2.24) is 0 Å². The summed E-state index contributed by atoms with van der Waals surface area (Å²) in [4.78, 5) is 21.6. The Morgan fingerprint density at radius 3 is 3.08 bits per heavy atom. The van der Waals surface area contributed by atoms with Crippen LogP contribution in [0.15, 0.2) is 16.3 Å². The monoisotopic (exact) mass is 201 g/mol. The molecule has 1 N–H and O–H groups in total. The van der Waals surface area contributed by atoms with Gasteiger partial charge in [0.2, 0.25) is 6.41 Å². The number of thiophene rings is 1. The fourth-order valence-electron chi connectivity index (χ4n) is 0.692. The van der Waals surface area contributed by atoms with Gasteiger partial charge in [-0.3, -0.25) is 9.59 Å². The number of hydrogen-bond acceptors (Lipinski definition) is 4. The lowest BCUT2D eigenvalue weighted by Crippen LogP contribution is -1.92. The molecular weight excluding hydrogens is 194 g/mol. The molecule has 12 heavy (non-hydrogen) atoms. The zero-order valence-electron chi connectivity index (χ0n) is 6.37. The van der Waals surface area contributed by atoms with Crippen LogP contribution in [-0.2, 0) is 9.59 Å². The van der Waals surface area contributed by atoms with Crippen molar-refractivity contribution in [3.8, 4) is 0 Å². The average Bonchev–Trinajstić information content (AvgIpc) is 2.37. The van der Waals surface area contributed by atoms with Crippen molar-refractivity contribution in [2.45, 2.75) is 11.8 Å². The minimum absolute atomic E-state index is 0.0161. The van der Waals surface area contributed by atoms with Crippen molar-refractivity contribution < 1.29 is 9.59 Å². The highest BCUT2D eigenvalue weighted by atomic mass is 32.2. The highest BCUT2D eigenvalue weighted by molar-refractivity contribution is 8.13. The van der Waals surface area contributed by atoms with E-state index in [1.54, 1.807) is 0 Å². The first-order chi connectivity index (χ1) is 5.74. The zero-order valence-corrected chi connectivity index (χ0v) is 8.00. The molecule has 0 aromatic carbocycles. The second-order valence-corrected chi connectivity index (χ2v) is 4.10. The van der Waals surface area contributed by atoms with E-state index in [4.69, 9.17) is 0 Å². The Balaban J connectivity index is 2.76. The Kier molecular flexibility index (Phi) is 3.31. The molecule has 1 rings (SSSR count). The molecule has 0 saturated heterocycles. The molecule has 1 aromatic rings. The summed E-state index contributed by atoms with van der Waals surface area (Å²) in [6, 6.07) is 1.81. The number of amides is 1. The third-order valence-electron chi connectivity index (χ3n) is 1.07. The minimum Gasteiger partial charge on any atom is -0.319 e. The summed E-state index contributed by atoms with van der Waals surface area (Å²) in [7, 11) is 0. The fraction of sp³-hybridized carbons (Fsp3) is 0.143. The van der Waals surface area contributed by atoms with Crippen LogP contribution in [0, 0.1) is 0 Å². The number of carbonyl (C=O) groups excluding carboxylic acids is 2. The third-order valence-corrected chi connectivity index (χ3v) is 2.90. The molecule has 5 heteroatoms. The van der Waals surface area contributed by atoms with Gasteiger partial charge < -0.3 is 5.32 Å². The summed E-state index contributed by atoms with van der Waals surface area (Å²) in [5.41, 5.74) is 0. The molecule has 0 aliphatic carbocycles. The fourth-order valence-corrected chi connectivity index (χ4v) is 2.28. The smallest absolute Gasteiger partial charge is 0.212 e. The number of hydrogen-bond donors (Lipinski definition) is 1. The Morgan fingerprint density at radius 1 is 1.75 bits per heavy atom. The first kappa shape index (κ1) is 9.28. The maximum Gasteiger partial charge on any atom is 0.212 e. The van der Waals surface area contributed by atoms with Crippen molar-refractivity contribution in [2.75, 3.05) is 5.32 Å². The SMILES string of the molecule is CC(=O)Sc1ccsc1NC=O. The first-order valence-corrected chi connectivity index (χ1v) is 4.89. The van der Waals surface area contributed by atoms with Crippen molar-refractivity contribution in [1.29, 1.82) is 0 Å². The lowest BCUT2D eigenvalue weighted by molar-refractivity contribution is -0.109. The van der Waals surface area contributed by atoms with Crippen molar-refractivity contribution >= 4 is 39.6 Å². The van der Waals surface area contributed by atoms with E-state index in [0.29, 0.717) is 6.41 Å². The largest absolute Gasteiger partial charge is 0.319 e. The van der Waals surface area contributed by atoms with Crippen LogP contribution in [0.2, 0.25) is 0 Å². The number of carbonyl (C=O) groups is 2. The minimum atomic E-state index is 0.0161. The van der Waals surface area contributed by atoms with Gasteiger partial charge in [0.05, 0.1) is 0 Å². The van der Waals surface area contributed by atoms with Crippen LogP contribution in [0.3, 0.4) is 0 Å². The van der Waals surface area contributed by atoms with Crippen LogP contribution in [0.5, 0.6) is 0 Å². The van der Waals surface area contributed by atoms with E-state index in [1.807, 2.05) is 11.4 Å². The summed E-state index contributed by atoms with van der Waals surface area (Å²) >= 11 is 2.52. The molecule has 0 aliphatic rings. The summed E-state index contributed by atoms with van der Waals surface area (Å²) in [5, 5.41) is 5.10. The average molecular weight is 201 g/mol. The molecule has 0 atom stereocenters. The molecule has 0 saturated carbocycles. The van der Waals surface area contributed by atoms with E-state index < -0.39 is 0 Å². The van der Waals surface area contributed by atoms with E-state index in [1.165, 1.54) is 18.3 Å². The predicted octanol–water partition coefficient (Wildman–Crippen LogP) is 1.95. The van der Waals surface area contributed by atoms with E-state index in [0.717, 1.165) is 21.7 Å². The quantitative estimate of drug-likeness (QED) is 0.600. The van der Waals surface area contributed by atoms with E-state index in [2.05, 4.69) is 5.32 Å². The topological polar surface area (TPSA) is 46.2 Å². The molecule has 0 spiro atoms. The molecular formula is C7H7NO2S2. The highest BCUT2D eigenvalue weighted by Gasteiger charge is 2.05. The number of anilines is 1. The van der Waals surface area contributed by atoms with Gasteiger partial charge in [0, 0.05) is 11.8 Å². The van der Waals surface area contributed by atoms with Crippen LogP contribution >= 0.6 is 23.1 Å². The molecule has 64 valence electrons. The van der Waals surface area contributed by atoms with Crippen LogP contribution in [0.4, 0.5) is 5.00 Å². The Bertz CT molecular complexity index is 295. The van der Waals surface area contributed by atoms with Gasteiger partial charge in [-0.2, -0.15) is 0 Å². The van der Waals surface area contributed by atoms with Crippen molar-refractivity contribution in [2.24, 2.45) is 0 Å². The summed E-state index contributed by atoms with van der Waals surface area (Å²) in [5.74, 6) is 0. The third kappa shape index (κ3) is 2.35. The first-order valence-electron chi connectivity index (χ1n) is 3.20. The number of nitrogens with one attached hydrogen (secondary N) is 1. The lowest BCUT2D eigenvalue weighted by atomic mass is 10.6. The molecule has 3 nitrogen and oxygen atoms in total.